The normalized spacial score (nSPS) is 28.5. The Balaban J connectivity index is 1.41. The summed E-state index contributed by atoms with van der Waals surface area (Å²) in [5, 5.41) is 3.84. The van der Waals surface area contributed by atoms with Crippen molar-refractivity contribution < 1.29 is 14.1 Å². The highest BCUT2D eigenvalue weighted by Gasteiger charge is 2.43. The van der Waals surface area contributed by atoms with E-state index in [2.05, 4.69) is 10.1 Å². The van der Waals surface area contributed by atoms with Gasteiger partial charge in [0.05, 0.1) is 11.8 Å². The molecule has 0 N–H and O–H groups in total. The highest BCUT2D eigenvalue weighted by atomic mass is 16.5. The lowest BCUT2D eigenvalue weighted by Gasteiger charge is -2.32. The van der Waals surface area contributed by atoms with E-state index < -0.39 is 0 Å². The Morgan fingerprint density at radius 1 is 1.26 bits per heavy atom. The fourth-order valence-electron chi connectivity index (χ4n) is 3.75. The highest BCUT2D eigenvalue weighted by Crippen LogP contribution is 2.34. The third-order valence-electron chi connectivity index (χ3n) is 5.12. The molecule has 0 bridgehead atoms. The predicted molar refractivity (Wildman–Crippen MR) is 80.4 cm³/mol. The number of nitrogens with zero attached hydrogens (tertiary/aromatic N) is 4. The van der Waals surface area contributed by atoms with E-state index >= 15 is 0 Å². The minimum atomic E-state index is -0.175. The van der Waals surface area contributed by atoms with Gasteiger partial charge in [0.2, 0.25) is 17.7 Å². The largest absolute Gasteiger partial charge is 0.342 e. The average molecular weight is 318 g/mol. The molecule has 4 rings (SSSR count). The molecule has 0 unspecified atom stereocenters. The van der Waals surface area contributed by atoms with Crippen molar-refractivity contribution >= 4 is 11.8 Å². The lowest BCUT2D eigenvalue weighted by molar-refractivity contribution is -0.137. The molecule has 2 amide bonds. The zero-order valence-electron chi connectivity index (χ0n) is 13.4. The van der Waals surface area contributed by atoms with Gasteiger partial charge < -0.3 is 14.3 Å². The molecule has 3 heterocycles. The van der Waals surface area contributed by atoms with Gasteiger partial charge in [-0.1, -0.05) is 5.16 Å². The maximum Gasteiger partial charge on any atom is 0.231 e. The van der Waals surface area contributed by atoms with Gasteiger partial charge in [-0.3, -0.25) is 9.59 Å². The smallest absolute Gasteiger partial charge is 0.231 e. The van der Waals surface area contributed by atoms with Crippen molar-refractivity contribution in [2.45, 2.75) is 51.0 Å². The topological polar surface area (TPSA) is 79.5 Å². The lowest BCUT2D eigenvalue weighted by atomic mass is 9.96. The van der Waals surface area contributed by atoms with E-state index in [1.54, 1.807) is 6.92 Å². The summed E-state index contributed by atoms with van der Waals surface area (Å²) >= 11 is 0. The number of carbonyl (C=O) groups excluding carboxylic acids is 2. The second-order valence-electron chi connectivity index (χ2n) is 6.98. The van der Waals surface area contributed by atoms with Gasteiger partial charge in [-0.2, -0.15) is 4.98 Å². The van der Waals surface area contributed by atoms with Gasteiger partial charge >= 0.3 is 0 Å². The quantitative estimate of drug-likeness (QED) is 0.833. The molecule has 3 aliphatic rings. The standard InChI is InChI=1S/C16H22N4O3/c1-10-17-15(23-18-10)11-3-2-6-19(8-11)16(22)12-7-14(21)20(9-12)13-4-5-13/h11-13H,2-9H2,1H3/t11-,12-/m0/s1. The predicted octanol–water partition coefficient (Wildman–Crippen LogP) is 1.09. The molecular formula is C16H22N4O3. The Morgan fingerprint density at radius 2 is 2.09 bits per heavy atom. The van der Waals surface area contributed by atoms with Crippen LogP contribution in [0.25, 0.3) is 0 Å². The fraction of sp³-hybridized carbons (Fsp3) is 0.750. The molecule has 2 atom stereocenters. The van der Waals surface area contributed by atoms with Gasteiger partial charge in [0, 0.05) is 32.1 Å². The first kappa shape index (κ1) is 14.7. The fourth-order valence-corrected chi connectivity index (χ4v) is 3.75. The molecule has 3 fully saturated rings. The molecule has 2 aliphatic heterocycles. The summed E-state index contributed by atoms with van der Waals surface area (Å²) in [5.74, 6) is 1.46. The van der Waals surface area contributed by atoms with Crippen LogP contribution in [0, 0.1) is 12.8 Å². The van der Waals surface area contributed by atoms with E-state index in [9.17, 15) is 9.59 Å². The number of piperidine rings is 1. The Labute approximate surface area is 135 Å². The summed E-state index contributed by atoms with van der Waals surface area (Å²) in [6.45, 7) is 3.78. The first-order valence-electron chi connectivity index (χ1n) is 8.50. The third kappa shape index (κ3) is 2.84. The maximum absolute atomic E-state index is 12.8. The van der Waals surface area contributed by atoms with Crippen LogP contribution in [0.4, 0.5) is 0 Å². The SMILES string of the molecule is Cc1noc([C@H]2CCCN(C(=O)[C@H]3CC(=O)N(C4CC4)C3)C2)n1. The third-order valence-corrected chi connectivity index (χ3v) is 5.12. The molecule has 0 radical (unpaired) electrons. The van der Waals surface area contributed by atoms with Gasteiger partial charge in [0.15, 0.2) is 5.82 Å². The van der Waals surface area contributed by atoms with E-state index in [0.29, 0.717) is 37.3 Å². The molecule has 7 nitrogen and oxygen atoms in total. The molecule has 1 aromatic heterocycles. The number of amides is 2. The highest BCUT2D eigenvalue weighted by molar-refractivity contribution is 5.89. The molecule has 2 saturated heterocycles. The van der Waals surface area contributed by atoms with Crippen molar-refractivity contribution in [1.82, 2.24) is 19.9 Å². The number of likely N-dealkylation sites (tertiary alicyclic amines) is 2. The van der Waals surface area contributed by atoms with Gasteiger partial charge in [0.1, 0.15) is 0 Å². The number of hydrogen-bond acceptors (Lipinski definition) is 5. The Morgan fingerprint density at radius 3 is 2.78 bits per heavy atom. The van der Waals surface area contributed by atoms with Crippen LogP contribution in [0.1, 0.15) is 49.7 Å². The minimum absolute atomic E-state index is 0.113. The number of rotatable bonds is 3. The monoisotopic (exact) mass is 318 g/mol. The van der Waals surface area contributed by atoms with Gasteiger partial charge in [-0.05, 0) is 32.6 Å². The second-order valence-corrected chi connectivity index (χ2v) is 6.98. The summed E-state index contributed by atoms with van der Waals surface area (Å²) in [6.07, 6.45) is 4.45. The summed E-state index contributed by atoms with van der Waals surface area (Å²) in [7, 11) is 0. The van der Waals surface area contributed by atoms with Crippen molar-refractivity contribution in [2.24, 2.45) is 5.92 Å². The summed E-state index contributed by atoms with van der Waals surface area (Å²) in [4.78, 5) is 33.0. The van der Waals surface area contributed by atoms with Crippen molar-refractivity contribution in [2.75, 3.05) is 19.6 Å². The van der Waals surface area contributed by atoms with Crippen molar-refractivity contribution in [3.63, 3.8) is 0 Å². The zero-order valence-corrected chi connectivity index (χ0v) is 13.4. The first-order valence-corrected chi connectivity index (χ1v) is 8.50. The summed E-state index contributed by atoms with van der Waals surface area (Å²) in [6, 6.07) is 0.399. The molecule has 7 heteroatoms. The van der Waals surface area contributed by atoms with Crippen molar-refractivity contribution in [3.8, 4) is 0 Å². The van der Waals surface area contributed by atoms with Gasteiger partial charge in [-0.25, -0.2) is 0 Å². The van der Waals surface area contributed by atoms with Gasteiger partial charge in [-0.15, -0.1) is 0 Å². The number of hydrogen-bond donors (Lipinski definition) is 0. The second kappa shape index (κ2) is 5.62. The minimum Gasteiger partial charge on any atom is -0.342 e. The van der Waals surface area contributed by atoms with E-state index in [-0.39, 0.29) is 23.7 Å². The summed E-state index contributed by atoms with van der Waals surface area (Å²) < 4.78 is 5.27. The number of aromatic nitrogens is 2. The Kier molecular flexibility index (Phi) is 3.58. The van der Waals surface area contributed by atoms with Crippen LogP contribution in [-0.2, 0) is 9.59 Å². The number of carbonyl (C=O) groups is 2. The van der Waals surface area contributed by atoms with Crippen LogP contribution in [0.15, 0.2) is 4.52 Å². The van der Waals surface area contributed by atoms with E-state index in [1.165, 1.54) is 0 Å². The average Bonchev–Trinajstić information content (AvgIpc) is 3.19. The van der Waals surface area contributed by atoms with Crippen LogP contribution in [0.3, 0.4) is 0 Å². The van der Waals surface area contributed by atoms with E-state index in [0.717, 1.165) is 32.2 Å². The molecular weight excluding hydrogens is 296 g/mol. The van der Waals surface area contributed by atoms with Crippen LogP contribution < -0.4 is 0 Å². The van der Waals surface area contributed by atoms with Crippen LogP contribution in [0.5, 0.6) is 0 Å². The lowest BCUT2D eigenvalue weighted by Crippen LogP contribution is -2.43. The Bertz CT molecular complexity index is 625. The number of aryl methyl sites for hydroxylation is 1. The van der Waals surface area contributed by atoms with E-state index in [4.69, 9.17) is 4.52 Å². The molecule has 1 saturated carbocycles. The van der Waals surface area contributed by atoms with Crippen molar-refractivity contribution in [1.29, 1.82) is 0 Å². The maximum atomic E-state index is 12.8. The van der Waals surface area contributed by atoms with Crippen molar-refractivity contribution in [3.05, 3.63) is 11.7 Å². The molecule has 23 heavy (non-hydrogen) atoms. The van der Waals surface area contributed by atoms with Gasteiger partial charge in [0.25, 0.3) is 0 Å². The zero-order chi connectivity index (χ0) is 16.0. The molecule has 1 aliphatic carbocycles. The van der Waals surface area contributed by atoms with Crippen LogP contribution >= 0.6 is 0 Å². The molecule has 0 spiro atoms. The van der Waals surface area contributed by atoms with Crippen LogP contribution in [0.2, 0.25) is 0 Å². The van der Waals surface area contributed by atoms with Crippen LogP contribution in [-0.4, -0.2) is 57.4 Å². The molecule has 124 valence electrons. The Hall–Kier alpha value is -1.92. The first-order chi connectivity index (χ1) is 11.1. The van der Waals surface area contributed by atoms with E-state index in [1.807, 2.05) is 9.80 Å². The molecule has 0 aromatic carbocycles. The molecule has 1 aromatic rings. The summed E-state index contributed by atoms with van der Waals surface area (Å²) in [5.41, 5.74) is 0.